The quantitative estimate of drug-likeness (QED) is 0.421. The van der Waals surface area contributed by atoms with E-state index in [0.29, 0.717) is 5.56 Å². The molecule has 0 spiro atoms. The monoisotopic (exact) mass is 469 g/mol. The van der Waals surface area contributed by atoms with Crippen LogP contribution in [0.5, 0.6) is 5.75 Å². The molecule has 1 saturated heterocycles. The Kier molecular flexibility index (Phi) is 6.37. The molecule has 1 aliphatic heterocycles. The summed E-state index contributed by atoms with van der Waals surface area (Å²) < 4.78 is 45.3. The Bertz CT molecular complexity index is 1260. The van der Waals surface area contributed by atoms with Crippen molar-refractivity contribution in [3.63, 3.8) is 0 Å². The van der Waals surface area contributed by atoms with Gasteiger partial charge in [0.25, 0.3) is 0 Å². The summed E-state index contributed by atoms with van der Waals surface area (Å²) in [6.07, 6.45) is -1.55. The van der Waals surface area contributed by atoms with E-state index in [-0.39, 0.29) is 13.0 Å². The van der Waals surface area contributed by atoms with Crippen molar-refractivity contribution in [2.45, 2.75) is 13.6 Å². The number of ether oxygens (including phenoxy) is 1. The highest BCUT2D eigenvalue weighted by molar-refractivity contribution is 5.95. The molecule has 1 N–H and O–H groups in total. The van der Waals surface area contributed by atoms with Gasteiger partial charge in [-0.2, -0.15) is 18.3 Å². The number of rotatable bonds is 4. The number of piperazine rings is 1. The predicted octanol–water partition coefficient (Wildman–Crippen LogP) is 5.62. The molecule has 34 heavy (non-hydrogen) atoms. The molecule has 1 fully saturated rings. The zero-order valence-electron chi connectivity index (χ0n) is 17.9. The topological polar surface area (TPSA) is 57.3 Å². The van der Waals surface area contributed by atoms with Gasteiger partial charge >= 0.3 is 6.18 Å². The number of anilines is 2. The highest BCUT2D eigenvalue weighted by atomic mass is 19.4. The van der Waals surface area contributed by atoms with Gasteiger partial charge in [0.15, 0.2) is 0 Å². The van der Waals surface area contributed by atoms with Gasteiger partial charge in [-0.3, -0.25) is 10.1 Å². The molecule has 0 saturated carbocycles. The summed E-state index contributed by atoms with van der Waals surface area (Å²) in [6, 6.07) is 15.1. The zero-order chi connectivity index (χ0) is 23.0. The van der Waals surface area contributed by atoms with Crippen molar-refractivity contribution < 1.29 is 17.9 Å². The van der Waals surface area contributed by atoms with Gasteiger partial charge in [-0.1, -0.05) is 13.5 Å². The first-order chi connectivity index (χ1) is 15.9. The maximum absolute atomic E-state index is 13.4. The molecule has 2 aromatic heterocycles. The number of benzene rings is 2. The number of nitrogens with one attached hydrogen (secondary N) is 1. The van der Waals surface area contributed by atoms with E-state index in [0.717, 1.165) is 54.2 Å². The maximum Gasteiger partial charge on any atom is 0.433 e. The number of halogens is 3. The van der Waals surface area contributed by atoms with Crippen LogP contribution in [0, 0.1) is 0 Å². The molecule has 0 unspecified atom stereocenters. The maximum atomic E-state index is 13.4. The zero-order valence-corrected chi connectivity index (χ0v) is 17.9. The lowest BCUT2D eigenvalue weighted by Gasteiger charge is -2.37. The van der Waals surface area contributed by atoms with Crippen LogP contribution in [0.3, 0.4) is 0 Å². The van der Waals surface area contributed by atoms with Crippen molar-refractivity contribution >= 4 is 22.3 Å². The average molecular weight is 470 g/mol. The Morgan fingerprint density at radius 2 is 1.65 bits per heavy atom. The van der Waals surface area contributed by atoms with Gasteiger partial charge in [0.1, 0.15) is 11.4 Å². The summed E-state index contributed by atoms with van der Waals surface area (Å²) in [7, 11) is 1.65. The van der Waals surface area contributed by atoms with Crippen LogP contribution in [-0.4, -0.2) is 48.5 Å². The first kappa shape index (κ1) is 23.4. The predicted molar refractivity (Wildman–Crippen MR) is 128 cm³/mol. The van der Waals surface area contributed by atoms with E-state index in [1.807, 2.05) is 30.3 Å². The molecule has 0 aliphatic carbocycles. The summed E-state index contributed by atoms with van der Waals surface area (Å²) in [5.74, 6) is 0.822. The van der Waals surface area contributed by atoms with Crippen LogP contribution in [0.1, 0.15) is 13.1 Å². The Morgan fingerprint density at radius 3 is 2.32 bits per heavy atom. The SMILES string of the molecule is C.COc1ccc(N2CCN(c3ccnc4ccc(-c5cn[nH]c5C(F)(F)F)cc34)CC2)cc1. The third-order valence-corrected chi connectivity index (χ3v) is 6.01. The molecule has 0 atom stereocenters. The van der Waals surface area contributed by atoms with Gasteiger partial charge in [0, 0.05) is 54.7 Å². The molecule has 3 heterocycles. The third-order valence-electron chi connectivity index (χ3n) is 6.01. The smallest absolute Gasteiger partial charge is 0.433 e. The van der Waals surface area contributed by atoms with E-state index >= 15 is 0 Å². The molecule has 4 aromatic rings. The van der Waals surface area contributed by atoms with E-state index in [2.05, 4.69) is 25.0 Å². The van der Waals surface area contributed by atoms with E-state index in [1.165, 1.54) is 6.20 Å². The van der Waals surface area contributed by atoms with Crippen molar-refractivity contribution in [2.24, 2.45) is 0 Å². The summed E-state index contributed by atoms with van der Waals surface area (Å²) in [5.41, 5.74) is 2.48. The standard InChI is InChI=1S/C24H22F3N5O.CH4/c1-33-18-5-3-17(4-6-18)31-10-12-32(13-11-31)22-8-9-28-21-7-2-16(14-19(21)22)20-15-29-30-23(20)24(25,26)27;/h2-9,14-15H,10-13H2,1H3,(H,29,30);1H4. The first-order valence-electron chi connectivity index (χ1n) is 10.6. The number of hydrogen-bond donors (Lipinski definition) is 1. The Morgan fingerprint density at radius 1 is 0.941 bits per heavy atom. The number of nitrogens with zero attached hydrogens (tertiary/aromatic N) is 4. The summed E-state index contributed by atoms with van der Waals surface area (Å²) in [5, 5.41) is 6.53. The Hall–Kier alpha value is -3.75. The van der Waals surface area contributed by atoms with Gasteiger partial charge in [-0.05, 0) is 48.0 Å². The van der Waals surface area contributed by atoms with E-state index in [4.69, 9.17) is 4.74 Å². The molecule has 5 rings (SSSR count). The Balaban J connectivity index is 0.00000274. The van der Waals surface area contributed by atoms with Crippen molar-refractivity contribution in [1.82, 2.24) is 15.2 Å². The summed E-state index contributed by atoms with van der Waals surface area (Å²) in [4.78, 5) is 8.98. The van der Waals surface area contributed by atoms with E-state index in [1.54, 1.807) is 31.5 Å². The third kappa shape index (κ3) is 4.37. The largest absolute Gasteiger partial charge is 0.497 e. The van der Waals surface area contributed by atoms with Gasteiger partial charge < -0.3 is 14.5 Å². The van der Waals surface area contributed by atoms with Gasteiger partial charge in [0.2, 0.25) is 0 Å². The fourth-order valence-electron chi connectivity index (χ4n) is 4.29. The van der Waals surface area contributed by atoms with Gasteiger partial charge in [-0.15, -0.1) is 0 Å². The number of fused-ring (bicyclic) bond motifs is 1. The molecule has 0 bridgehead atoms. The molecular formula is C25H26F3N5O. The highest BCUT2D eigenvalue weighted by Crippen LogP contribution is 2.37. The molecule has 1 aliphatic rings. The highest BCUT2D eigenvalue weighted by Gasteiger charge is 2.36. The second-order valence-electron chi connectivity index (χ2n) is 7.89. The summed E-state index contributed by atoms with van der Waals surface area (Å²) in [6.45, 7) is 3.23. The minimum absolute atomic E-state index is 0. The van der Waals surface area contributed by atoms with Crippen LogP contribution in [0.4, 0.5) is 24.5 Å². The fourth-order valence-corrected chi connectivity index (χ4v) is 4.29. The second-order valence-corrected chi connectivity index (χ2v) is 7.89. The lowest BCUT2D eigenvalue weighted by molar-refractivity contribution is -0.140. The van der Waals surface area contributed by atoms with Crippen LogP contribution >= 0.6 is 0 Å². The minimum Gasteiger partial charge on any atom is -0.497 e. The lowest BCUT2D eigenvalue weighted by Crippen LogP contribution is -2.46. The van der Waals surface area contributed by atoms with Crippen molar-refractivity contribution in [3.05, 3.63) is 66.6 Å². The number of aromatic amines is 1. The van der Waals surface area contributed by atoms with Crippen LogP contribution < -0.4 is 14.5 Å². The molecule has 9 heteroatoms. The van der Waals surface area contributed by atoms with Crippen LogP contribution in [0.25, 0.3) is 22.0 Å². The van der Waals surface area contributed by atoms with Crippen LogP contribution in [0.2, 0.25) is 0 Å². The number of pyridine rings is 1. The number of methoxy groups -OCH3 is 1. The fraction of sp³-hybridized carbons (Fsp3) is 0.280. The summed E-state index contributed by atoms with van der Waals surface area (Å²) >= 11 is 0. The molecule has 6 nitrogen and oxygen atoms in total. The number of aromatic nitrogens is 3. The normalized spacial score (nSPS) is 14.2. The van der Waals surface area contributed by atoms with Crippen molar-refractivity contribution in [1.29, 1.82) is 0 Å². The number of alkyl halides is 3. The van der Waals surface area contributed by atoms with E-state index < -0.39 is 11.9 Å². The van der Waals surface area contributed by atoms with Crippen molar-refractivity contribution in [2.75, 3.05) is 43.1 Å². The molecule has 2 aromatic carbocycles. The van der Waals surface area contributed by atoms with Crippen LogP contribution in [-0.2, 0) is 6.18 Å². The molecule has 178 valence electrons. The second kappa shape index (κ2) is 9.24. The van der Waals surface area contributed by atoms with E-state index in [9.17, 15) is 13.2 Å². The molecule has 0 amide bonds. The van der Waals surface area contributed by atoms with Gasteiger partial charge in [-0.25, -0.2) is 0 Å². The van der Waals surface area contributed by atoms with Crippen molar-refractivity contribution in [3.8, 4) is 16.9 Å². The lowest BCUT2D eigenvalue weighted by atomic mass is 10.0. The molecule has 0 radical (unpaired) electrons. The number of H-pyrrole nitrogens is 1. The minimum atomic E-state index is -4.50. The number of hydrogen-bond acceptors (Lipinski definition) is 5. The van der Waals surface area contributed by atoms with Gasteiger partial charge in [0.05, 0.1) is 18.8 Å². The molecular weight excluding hydrogens is 443 g/mol. The Labute approximate surface area is 196 Å². The first-order valence-corrected chi connectivity index (χ1v) is 10.6. The average Bonchev–Trinajstić information content (AvgIpc) is 3.34. The van der Waals surface area contributed by atoms with Crippen LogP contribution in [0.15, 0.2) is 60.9 Å².